The highest BCUT2D eigenvalue weighted by Crippen LogP contribution is 1.97. The minimum Gasteiger partial charge on any atom is -0.274 e. The molecule has 0 aromatic heterocycles. The molecule has 66 valence electrons. The summed E-state index contributed by atoms with van der Waals surface area (Å²) in [7, 11) is 0. The maximum Gasteiger partial charge on any atom is 0.270 e. The van der Waals surface area contributed by atoms with Crippen molar-refractivity contribution in [1.82, 2.24) is 0 Å². The second kappa shape index (κ2) is 5.91. The molecule has 0 saturated heterocycles. The molecule has 0 aliphatic carbocycles. The van der Waals surface area contributed by atoms with Crippen molar-refractivity contribution in [2.24, 2.45) is 9.98 Å². The van der Waals surface area contributed by atoms with Gasteiger partial charge in [0, 0.05) is 0 Å². The Morgan fingerprint density at radius 2 is 2.17 bits per heavy atom. The van der Waals surface area contributed by atoms with E-state index in [0.717, 1.165) is 6.34 Å². The summed E-state index contributed by atoms with van der Waals surface area (Å²) in [5.74, 6) is 0. The SMILES string of the molecule is C=C(N=CN=C(Cl)CC)C(=O)Cl. The molecular weight excluding hydrogens is 199 g/mol. The topological polar surface area (TPSA) is 41.8 Å². The summed E-state index contributed by atoms with van der Waals surface area (Å²) in [6, 6.07) is 0. The van der Waals surface area contributed by atoms with E-state index >= 15 is 0 Å². The second-order valence-corrected chi connectivity index (χ2v) is 2.60. The molecule has 0 bridgehead atoms. The number of nitrogens with zero attached hydrogens (tertiary/aromatic N) is 2. The van der Waals surface area contributed by atoms with Crippen LogP contribution >= 0.6 is 23.2 Å². The van der Waals surface area contributed by atoms with Crippen molar-refractivity contribution in [3.8, 4) is 0 Å². The molecule has 0 rings (SSSR count). The van der Waals surface area contributed by atoms with E-state index in [-0.39, 0.29) is 5.70 Å². The zero-order valence-corrected chi connectivity index (χ0v) is 8.06. The van der Waals surface area contributed by atoms with Crippen LogP contribution < -0.4 is 0 Å². The van der Waals surface area contributed by atoms with E-state index in [1.54, 1.807) is 0 Å². The van der Waals surface area contributed by atoms with E-state index < -0.39 is 5.24 Å². The monoisotopic (exact) mass is 206 g/mol. The maximum atomic E-state index is 10.4. The molecule has 3 nitrogen and oxygen atoms in total. The lowest BCUT2D eigenvalue weighted by atomic mass is 10.5. The van der Waals surface area contributed by atoms with Crippen LogP contribution in [0.15, 0.2) is 22.3 Å². The van der Waals surface area contributed by atoms with Crippen LogP contribution in [0.25, 0.3) is 0 Å². The lowest BCUT2D eigenvalue weighted by Gasteiger charge is -1.87. The summed E-state index contributed by atoms with van der Waals surface area (Å²) in [5, 5.41) is -0.289. The fraction of sp³-hybridized carbons (Fsp3) is 0.286. The van der Waals surface area contributed by atoms with Crippen LogP contribution in [-0.4, -0.2) is 16.8 Å². The lowest BCUT2D eigenvalue weighted by Crippen LogP contribution is -1.88. The second-order valence-electron chi connectivity index (χ2n) is 1.82. The molecule has 0 N–H and O–H groups in total. The Labute approximate surface area is 80.8 Å². The van der Waals surface area contributed by atoms with Crippen molar-refractivity contribution in [2.45, 2.75) is 13.3 Å². The van der Waals surface area contributed by atoms with Crippen LogP contribution in [0, 0.1) is 0 Å². The van der Waals surface area contributed by atoms with Crippen LogP contribution in [0.1, 0.15) is 13.3 Å². The Morgan fingerprint density at radius 1 is 1.58 bits per heavy atom. The predicted molar refractivity (Wildman–Crippen MR) is 52.1 cm³/mol. The average molecular weight is 207 g/mol. The molecule has 0 atom stereocenters. The van der Waals surface area contributed by atoms with E-state index in [2.05, 4.69) is 16.6 Å². The molecule has 0 aliphatic rings. The van der Waals surface area contributed by atoms with Crippen LogP contribution in [0.5, 0.6) is 0 Å². The van der Waals surface area contributed by atoms with E-state index in [4.69, 9.17) is 23.2 Å². The Balaban J connectivity index is 4.09. The van der Waals surface area contributed by atoms with Crippen LogP contribution in [0.3, 0.4) is 0 Å². The molecule has 0 radical (unpaired) electrons. The Hall–Kier alpha value is -0.670. The fourth-order valence-electron chi connectivity index (χ4n) is 0.303. The number of carbonyl (C=O) groups is 1. The summed E-state index contributed by atoms with van der Waals surface area (Å²) >= 11 is 10.6. The molecule has 0 aliphatic heterocycles. The van der Waals surface area contributed by atoms with Gasteiger partial charge in [0.25, 0.3) is 5.24 Å². The quantitative estimate of drug-likeness (QED) is 0.302. The van der Waals surface area contributed by atoms with E-state index in [1.807, 2.05) is 6.92 Å². The first-order valence-electron chi connectivity index (χ1n) is 3.21. The molecule has 0 fully saturated rings. The Kier molecular flexibility index (Phi) is 5.58. The molecule has 0 saturated carbocycles. The minimum absolute atomic E-state index is 0.0546. The highest BCUT2D eigenvalue weighted by atomic mass is 35.5. The first-order valence-corrected chi connectivity index (χ1v) is 3.97. The van der Waals surface area contributed by atoms with Gasteiger partial charge in [-0.15, -0.1) is 0 Å². The molecule has 0 aromatic rings. The van der Waals surface area contributed by atoms with Crippen LogP contribution in [0.2, 0.25) is 0 Å². The van der Waals surface area contributed by atoms with E-state index in [1.165, 1.54) is 0 Å². The third kappa shape index (κ3) is 5.04. The van der Waals surface area contributed by atoms with Crippen LogP contribution in [-0.2, 0) is 4.79 Å². The van der Waals surface area contributed by atoms with Crippen molar-refractivity contribution >= 4 is 40.0 Å². The summed E-state index contributed by atoms with van der Waals surface area (Å²) < 4.78 is 0. The lowest BCUT2D eigenvalue weighted by molar-refractivity contribution is -0.108. The number of aliphatic imine (C=N–C) groups is 2. The molecule has 0 unspecified atom stereocenters. The van der Waals surface area contributed by atoms with E-state index in [0.29, 0.717) is 11.6 Å². The predicted octanol–water partition coefficient (Wildman–Crippen LogP) is 2.34. The zero-order chi connectivity index (χ0) is 9.56. The van der Waals surface area contributed by atoms with Crippen molar-refractivity contribution in [3.63, 3.8) is 0 Å². The number of allylic oxidation sites excluding steroid dienone is 1. The fourth-order valence-corrected chi connectivity index (χ4v) is 0.396. The smallest absolute Gasteiger partial charge is 0.270 e. The molecule has 5 heteroatoms. The van der Waals surface area contributed by atoms with Crippen molar-refractivity contribution < 1.29 is 4.79 Å². The summed E-state index contributed by atoms with van der Waals surface area (Å²) in [5.41, 5.74) is -0.0546. The van der Waals surface area contributed by atoms with Gasteiger partial charge < -0.3 is 0 Å². The van der Waals surface area contributed by atoms with Gasteiger partial charge in [-0.2, -0.15) is 0 Å². The van der Waals surface area contributed by atoms with Gasteiger partial charge in [-0.1, -0.05) is 25.1 Å². The third-order valence-corrected chi connectivity index (χ3v) is 1.51. The molecule has 0 heterocycles. The van der Waals surface area contributed by atoms with Gasteiger partial charge in [0.1, 0.15) is 17.2 Å². The van der Waals surface area contributed by atoms with Gasteiger partial charge in [0.05, 0.1) is 0 Å². The first-order chi connectivity index (χ1) is 5.57. The number of halogens is 2. The molecule has 0 spiro atoms. The number of carbonyl (C=O) groups excluding carboxylic acids is 1. The third-order valence-electron chi connectivity index (χ3n) is 0.930. The Bertz CT molecular complexity index is 246. The zero-order valence-electron chi connectivity index (χ0n) is 6.55. The highest BCUT2D eigenvalue weighted by Gasteiger charge is 1.97. The van der Waals surface area contributed by atoms with Crippen LogP contribution in [0.4, 0.5) is 0 Å². The Morgan fingerprint density at radius 3 is 2.58 bits per heavy atom. The summed E-state index contributed by atoms with van der Waals surface area (Å²) in [6.45, 7) is 5.13. The first kappa shape index (κ1) is 11.3. The standard InChI is InChI=1S/C7H8Cl2N2O/c1-3-6(8)11-4-10-5(2)7(9)12/h4H,2-3H2,1H3. The normalized spacial score (nSPS) is 12.1. The van der Waals surface area contributed by atoms with Gasteiger partial charge >= 0.3 is 0 Å². The van der Waals surface area contributed by atoms with Gasteiger partial charge in [-0.25, -0.2) is 9.98 Å². The number of hydrogen-bond acceptors (Lipinski definition) is 2. The average Bonchev–Trinajstić information content (AvgIpc) is 2.03. The van der Waals surface area contributed by atoms with Gasteiger partial charge in [-0.05, 0) is 18.0 Å². The molecular formula is C7H8Cl2N2O. The van der Waals surface area contributed by atoms with Crippen molar-refractivity contribution in [2.75, 3.05) is 0 Å². The summed E-state index contributed by atoms with van der Waals surface area (Å²) in [6.07, 6.45) is 1.77. The van der Waals surface area contributed by atoms with E-state index in [9.17, 15) is 4.79 Å². The minimum atomic E-state index is -0.700. The van der Waals surface area contributed by atoms with Gasteiger partial charge in [-0.3, -0.25) is 4.79 Å². The van der Waals surface area contributed by atoms with Crippen molar-refractivity contribution in [1.29, 1.82) is 0 Å². The molecule has 0 aromatic carbocycles. The van der Waals surface area contributed by atoms with Crippen molar-refractivity contribution in [3.05, 3.63) is 12.3 Å². The largest absolute Gasteiger partial charge is 0.274 e. The molecule has 0 amide bonds. The number of rotatable bonds is 4. The van der Waals surface area contributed by atoms with Gasteiger partial charge in [0.15, 0.2) is 0 Å². The molecule has 12 heavy (non-hydrogen) atoms. The number of hydrogen-bond donors (Lipinski definition) is 0. The van der Waals surface area contributed by atoms with Gasteiger partial charge in [0.2, 0.25) is 0 Å². The highest BCUT2D eigenvalue weighted by molar-refractivity contribution is 6.67. The maximum absolute atomic E-state index is 10.4. The summed E-state index contributed by atoms with van der Waals surface area (Å²) in [4.78, 5) is 17.6.